The maximum absolute atomic E-state index is 12.6. The van der Waals surface area contributed by atoms with Gasteiger partial charge in [-0.1, -0.05) is 40.5 Å². The van der Waals surface area contributed by atoms with Crippen molar-refractivity contribution in [2.75, 3.05) is 0 Å². The Bertz CT molecular complexity index is 296. The number of Topliss-reactive ketones (excluding diaryl/α,β-unsaturated/α-hetero) is 1. The van der Waals surface area contributed by atoms with Gasteiger partial charge in [-0.25, -0.2) is 0 Å². The maximum atomic E-state index is 12.6. The minimum Gasteiger partial charge on any atom is -0.299 e. The highest BCUT2D eigenvalue weighted by Gasteiger charge is 2.35. The molecule has 2 saturated carbocycles. The van der Waals surface area contributed by atoms with E-state index in [1.54, 1.807) is 0 Å². The van der Waals surface area contributed by atoms with Crippen molar-refractivity contribution in [1.82, 2.24) is 0 Å². The molecule has 2 rings (SSSR count). The van der Waals surface area contributed by atoms with E-state index in [9.17, 15) is 4.79 Å². The lowest BCUT2D eigenvalue weighted by atomic mass is 9.67. The van der Waals surface area contributed by atoms with Crippen LogP contribution < -0.4 is 0 Å². The Morgan fingerprint density at radius 2 is 1.21 bits per heavy atom. The Balaban J connectivity index is 1.82. The van der Waals surface area contributed by atoms with Crippen LogP contribution >= 0.6 is 0 Å². The fraction of sp³-hybridized carbons (Fsp3) is 0.944. The summed E-state index contributed by atoms with van der Waals surface area (Å²) in [5, 5.41) is 0. The summed E-state index contributed by atoms with van der Waals surface area (Å²) in [4.78, 5) is 12.6. The number of rotatable bonds is 2. The van der Waals surface area contributed by atoms with Crippen molar-refractivity contribution in [3.63, 3.8) is 0 Å². The van der Waals surface area contributed by atoms with Crippen molar-refractivity contribution in [3.05, 3.63) is 0 Å². The second-order valence-corrected chi connectivity index (χ2v) is 8.27. The number of carbonyl (C=O) groups is 1. The van der Waals surface area contributed by atoms with Crippen molar-refractivity contribution in [1.29, 1.82) is 0 Å². The molecule has 2 aliphatic carbocycles. The van der Waals surface area contributed by atoms with Crippen LogP contribution in [0.5, 0.6) is 0 Å². The number of ketones is 1. The van der Waals surface area contributed by atoms with Crippen LogP contribution in [0.3, 0.4) is 0 Å². The third-order valence-corrected chi connectivity index (χ3v) is 5.77. The number of carbonyl (C=O) groups excluding carboxylic acids is 1. The Hall–Kier alpha value is -0.330. The molecule has 0 aromatic rings. The summed E-state index contributed by atoms with van der Waals surface area (Å²) in [5.74, 6) is 3.10. The molecule has 2 aliphatic rings. The van der Waals surface area contributed by atoms with Crippen molar-refractivity contribution in [2.45, 2.75) is 79.1 Å². The zero-order valence-electron chi connectivity index (χ0n) is 13.4. The largest absolute Gasteiger partial charge is 0.299 e. The van der Waals surface area contributed by atoms with Gasteiger partial charge in [0, 0.05) is 11.8 Å². The van der Waals surface area contributed by atoms with Crippen LogP contribution in [0, 0.1) is 29.1 Å². The second-order valence-electron chi connectivity index (χ2n) is 8.27. The highest BCUT2D eigenvalue weighted by Crippen LogP contribution is 2.42. The molecular weight excluding hydrogens is 232 g/mol. The van der Waals surface area contributed by atoms with Crippen LogP contribution in [0.4, 0.5) is 0 Å². The first kappa shape index (κ1) is 15.1. The van der Waals surface area contributed by atoms with E-state index in [0.29, 0.717) is 23.0 Å². The predicted molar refractivity (Wildman–Crippen MR) is 81.0 cm³/mol. The molecule has 1 heteroatoms. The van der Waals surface area contributed by atoms with Gasteiger partial charge in [-0.15, -0.1) is 0 Å². The Labute approximate surface area is 119 Å². The van der Waals surface area contributed by atoms with Crippen LogP contribution in [-0.4, -0.2) is 5.78 Å². The molecule has 110 valence electrons. The molecule has 0 amide bonds. The molecule has 0 aromatic heterocycles. The molecule has 0 aliphatic heterocycles. The Morgan fingerprint density at radius 1 is 0.789 bits per heavy atom. The van der Waals surface area contributed by atoms with E-state index in [0.717, 1.165) is 24.7 Å². The van der Waals surface area contributed by atoms with Crippen molar-refractivity contribution in [2.24, 2.45) is 29.1 Å². The normalized spacial score (nSPS) is 37.1. The highest BCUT2D eigenvalue weighted by molar-refractivity contribution is 5.83. The monoisotopic (exact) mass is 264 g/mol. The van der Waals surface area contributed by atoms with Crippen LogP contribution in [0.2, 0.25) is 0 Å². The number of hydrogen-bond acceptors (Lipinski definition) is 1. The van der Waals surface area contributed by atoms with E-state index in [4.69, 9.17) is 0 Å². The van der Waals surface area contributed by atoms with Gasteiger partial charge in [0.05, 0.1) is 0 Å². The average molecular weight is 264 g/mol. The van der Waals surface area contributed by atoms with E-state index in [2.05, 4.69) is 27.7 Å². The summed E-state index contributed by atoms with van der Waals surface area (Å²) in [6.45, 7) is 9.38. The van der Waals surface area contributed by atoms with Crippen LogP contribution in [0.1, 0.15) is 79.1 Å². The summed E-state index contributed by atoms with van der Waals surface area (Å²) >= 11 is 0. The fourth-order valence-electron chi connectivity index (χ4n) is 4.12. The zero-order chi connectivity index (χ0) is 14.0. The van der Waals surface area contributed by atoms with E-state index in [1.807, 2.05) is 0 Å². The third-order valence-electron chi connectivity index (χ3n) is 5.77. The molecule has 0 aromatic carbocycles. The zero-order valence-corrected chi connectivity index (χ0v) is 13.4. The van der Waals surface area contributed by atoms with E-state index < -0.39 is 0 Å². The Morgan fingerprint density at radius 3 is 1.63 bits per heavy atom. The SMILES string of the molecule is CC1CCC(C(=O)C2CCC(C(C)(C)C)CC2)CC1. The van der Waals surface area contributed by atoms with Crippen molar-refractivity contribution >= 4 is 5.78 Å². The molecule has 0 N–H and O–H groups in total. The maximum Gasteiger partial charge on any atom is 0.139 e. The summed E-state index contributed by atoms with van der Waals surface area (Å²) < 4.78 is 0. The van der Waals surface area contributed by atoms with E-state index in [-0.39, 0.29) is 0 Å². The Kier molecular flexibility index (Phi) is 4.74. The topological polar surface area (TPSA) is 17.1 Å². The second kappa shape index (κ2) is 5.97. The minimum absolute atomic E-state index is 0.400. The molecule has 0 atom stereocenters. The molecule has 0 saturated heterocycles. The fourth-order valence-corrected chi connectivity index (χ4v) is 4.12. The standard InChI is InChI=1S/C18H32O/c1-13-5-7-14(8-6-13)17(19)15-9-11-16(12-10-15)18(2,3)4/h13-16H,5-12H2,1-4H3. The molecule has 2 fully saturated rings. The summed E-state index contributed by atoms with van der Waals surface area (Å²) in [6, 6.07) is 0. The van der Waals surface area contributed by atoms with Gasteiger partial charge in [0.25, 0.3) is 0 Å². The lowest BCUT2D eigenvalue weighted by Gasteiger charge is -2.38. The van der Waals surface area contributed by atoms with Crippen LogP contribution in [0.15, 0.2) is 0 Å². The van der Waals surface area contributed by atoms with Crippen LogP contribution in [-0.2, 0) is 4.79 Å². The quantitative estimate of drug-likeness (QED) is 0.667. The van der Waals surface area contributed by atoms with Gasteiger partial charge in [-0.2, -0.15) is 0 Å². The van der Waals surface area contributed by atoms with Crippen molar-refractivity contribution in [3.8, 4) is 0 Å². The van der Waals surface area contributed by atoms with Gasteiger partial charge in [0.15, 0.2) is 0 Å². The predicted octanol–water partition coefficient (Wildman–Crippen LogP) is 5.23. The molecule has 0 bridgehead atoms. The van der Waals surface area contributed by atoms with Gasteiger partial charge in [-0.05, 0) is 55.8 Å². The summed E-state index contributed by atoms with van der Waals surface area (Å²) in [5.41, 5.74) is 0.425. The molecule has 0 spiro atoms. The first-order valence-corrected chi connectivity index (χ1v) is 8.41. The van der Waals surface area contributed by atoms with E-state index >= 15 is 0 Å². The van der Waals surface area contributed by atoms with Gasteiger partial charge in [-0.3, -0.25) is 4.79 Å². The summed E-state index contributed by atoms with van der Waals surface area (Å²) in [7, 11) is 0. The molecule has 0 unspecified atom stereocenters. The smallest absolute Gasteiger partial charge is 0.139 e. The molecule has 1 nitrogen and oxygen atoms in total. The van der Waals surface area contributed by atoms with Crippen molar-refractivity contribution < 1.29 is 4.79 Å². The molecule has 0 heterocycles. The molecular formula is C18H32O. The first-order chi connectivity index (χ1) is 8.88. The average Bonchev–Trinajstić information content (AvgIpc) is 2.38. The molecule has 0 radical (unpaired) electrons. The lowest BCUT2D eigenvalue weighted by Crippen LogP contribution is -2.32. The summed E-state index contributed by atoms with van der Waals surface area (Å²) in [6.07, 6.45) is 9.73. The van der Waals surface area contributed by atoms with Gasteiger partial charge < -0.3 is 0 Å². The van der Waals surface area contributed by atoms with E-state index in [1.165, 1.54) is 38.5 Å². The lowest BCUT2D eigenvalue weighted by molar-refractivity contribution is -0.129. The highest BCUT2D eigenvalue weighted by atomic mass is 16.1. The minimum atomic E-state index is 0.400. The third kappa shape index (κ3) is 3.83. The van der Waals surface area contributed by atoms with Gasteiger partial charge in [0.1, 0.15) is 5.78 Å². The first-order valence-electron chi connectivity index (χ1n) is 8.41. The van der Waals surface area contributed by atoms with Gasteiger partial charge >= 0.3 is 0 Å². The number of hydrogen-bond donors (Lipinski definition) is 0. The molecule has 19 heavy (non-hydrogen) atoms. The van der Waals surface area contributed by atoms with Crippen LogP contribution in [0.25, 0.3) is 0 Å². The van der Waals surface area contributed by atoms with Gasteiger partial charge in [0.2, 0.25) is 0 Å².